The molecule has 0 atom stereocenters. The minimum atomic E-state index is -4.97. The molecule has 0 bridgehead atoms. The Morgan fingerprint density at radius 3 is 2.03 bits per heavy atom. The number of anilines is 1. The highest BCUT2D eigenvalue weighted by Gasteiger charge is 2.37. The Balaban J connectivity index is 2.38. The monoisotopic (exact) mass is 413 g/mol. The number of nitrogens with zero attached hydrogens (tertiary/aromatic N) is 7. The van der Waals surface area contributed by atoms with E-state index in [1.807, 2.05) is 0 Å². The largest absolute Gasteiger partial charge is 0.297 e. The molecule has 1 saturated heterocycles. The molecule has 0 spiro atoms. The van der Waals surface area contributed by atoms with Crippen LogP contribution in [0.1, 0.15) is 12.8 Å². The van der Waals surface area contributed by atoms with Crippen LogP contribution in [0.15, 0.2) is 51.5 Å². The molecule has 0 aliphatic carbocycles. The van der Waals surface area contributed by atoms with Gasteiger partial charge < -0.3 is 0 Å². The van der Waals surface area contributed by atoms with Crippen molar-refractivity contribution in [2.45, 2.75) is 17.7 Å². The number of amides is 2. The third-order valence-corrected chi connectivity index (χ3v) is 5.06. The zero-order chi connectivity index (χ0) is 21.2. The Hall–Kier alpha value is -3.89. The second-order valence-electron chi connectivity index (χ2n) is 5.83. The van der Waals surface area contributed by atoms with E-state index in [1.165, 1.54) is 36.4 Å². The topological polar surface area (TPSA) is 189 Å². The zero-order valence-corrected chi connectivity index (χ0v) is 15.3. The molecule has 1 heterocycles. The van der Waals surface area contributed by atoms with Crippen LogP contribution in [0.5, 0.6) is 0 Å². The van der Waals surface area contributed by atoms with Gasteiger partial charge in [-0.05, 0) is 22.7 Å². The summed E-state index contributed by atoms with van der Waals surface area (Å²) in [5.74, 6) is -1.38. The van der Waals surface area contributed by atoms with Crippen molar-refractivity contribution in [2.24, 2.45) is 10.2 Å². The highest BCUT2D eigenvalue weighted by molar-refractivity contribution is 7.86. The van der Waals surface area contributed by atoms with Crippen molar-refractivity contribution >= 4 is 39.0 Å². The number of hydrogen-bond donors (Lipinski definition) is 1. The summed E-state index contributed by atoms with van der Waals surface area (Å²) in [6, 6.07) is 8.19. The summed E-state index contributed by atoms with van der Waals surface area (Å²) < 4.78 is 34.4. The van der Waals surface area contributed by atoms with E-state index in [1.54, 1.807) is 0 Å². The Morgan fingerprint density at radius 1 is 0.931 bits per heavy atom. The molecular weight excluding hydrogens is 402 g/mol. The van der Waals surface area contributed by atoms with Gasteiger partial charge in [-0.3, -0.25) is 14.1 Å². The quantitative estimate of drug-likeness (QED) is 0.253. The molecule has 1 N–H and O–H groups in total. The molecule has 1 aliphatic heterocycles. The summed E-state index contributed by atoms with van der Waals surface area (Å²) in [6.07, 6.45) is -0.297. The maximum absolute atomic E-state index is 12.2. The predicted molar refractivity (Wildman–Crippen MR) is 101 cm³/mol. The van der Waals surface area contributed by atoms with Crippen LogP contribution in [-0.4, -0.2) is 24.8 Å². The molecular formula is C16H11N7O5S. The van der Waals surface area contributed by atoms with Gasteiger partial charge in [0.2, 0.25) is 11.8 Å². The molecule has 12 nitrogen and oxygen atoms in total. The Bertz CT molecular complexity index is 1210. The molecule has 0 unspecified atom stereocenters. The fraction of sp³-hybridized carbons (Fsp3) is 0.125. The fourth-order valence-corrected chi connectivity index (χ4v) is 3.88. The Morgan fingerprint density at radius 2 is 1.52 bits per heavy atom. The van der Waals surface area contributed by atoms with Crippen molar-refractivity contribution in [1.29, 1.82) is 0 Å². The predicted octanol–water partition coefficient (Wildman–Crippen LogP) is 4.14. The van der Waals surface area contributed by atoms with E-state index in [0.717, 1.165) is 0 Å². The molecule has 0 radical (unpaired) electrons. The molecule has 13 heteroatoms. The standard InChI is InChI=1S/C16H11N7O5S/c17-21-19-10-3-1-9(2-4-10)11-5-6-12(20-22-18)15(16(11)29(26,27)28)23-13(24)7-8-14(23)25/h1-6H,7-8H2,(H,26,27,28). The molecule has 1 fully saturated rings. The molecule has 3 rings (SSSR count). The van der Waals surface area contributed by atoms with Crippen molar-refractivity contribution in [3.05, 3.63) is 57.3 Å². The zero-order valence-electron chi connectivity index (χ0n) is 14.5. The van der Waals surface area contributed by atoms with E-state index < -0.39 is 32.5 Å². The van der Waals surface area contributed by atoms with Crippen LogP contribution in [0.4, 0.5) is 17.1 Å². The number of carbonyl (C=O) groups is 2. The summed E-state index contributed by atoms with van der Waals surface area (Å²) in [5, 5.41) is 6.78. The summed E-state index contributed by atoms with van der Waals surface area (Å²) in [7, 11) is -4.97. The van der Waals surface area contributed by atoms with Crippen LogP contribution in [0.2, 0.25) is 0 Å². The highest BCUT2D eigenvalue weighted by atomic mass is 32.2. The molecule has 0 aromatic heterocycles. The molecule has 2 amide bonds. The number of hydrogen-bond acceptors (Lipinski definition) is 6. The smallest absolute Gasteiger partial charge is 0.282 e. The van der Waals surface area contributed by atoms with Crippen LogP contribution in [0.25, 0.3) is 32.0 Å². The molecule has 1 aliphatic rings. The van der Waals surface area contributed by atoms with Crippen LogP contribution in [0, 0.1) is 0 Å². The SMILES string of the molecule is [N-]=[N+]=Nc1ccc(-c2ccc(N=[N+]=[N-])c(N3C(=O)CCC3=O)c2S(=O)(=O)O)cc1. The molecule has 29 heavy (non-hydrogen) atoms. The van der Waals surface area contributed by atoms with Gasteiger partial charge in [-0.25, -0.2) is 4.90 Å². The number of rotatable bonds is 5. The van der Waals surface area contributed by atoms with Gasteiger partial charge in [0, 0.05) is 33.9 Å². The average Bonchev–Trinajstić information content (AvgIpc) is 3.00. The van der Waals surface area contributed by atoms with Gasteiger partial charge >= 0.3 is 0 Å². The maximum atomic E-state index is 12.2. The van der Waals surface area contributed by atoms with E-state index in [4.69, 9.17) is 11.1 Å². The first kappa shape index (κ1) is 19.9. The van der Waals surface area contributed by atoms with Crippen LogP contribution < -0.4 is 4.90 Å². The highest BCUT2D eigenvalue weighted by Crippen LogP contribution is 2.43. The van der Waals surface area contributed by atoms with Gasteiger partial charge in [0.1, 0.15) is 4.90 Å². The minimum absolute atomic E-state index is 0.0422. The van der Waals surface area contributed by atoms with Crippen molar-refractivity contribution in [3.63, 3.8) is 0 Å². The third-order valence-electron chi connectivity index (χ3n) is 4.13. The second-order valence-corrected chi connectivity index (χ2v) is 7.19. The van der Waals surface area contributed by atoms with E-state index >= 15 is 0 Å². The number of benzene rings is 2. The van der Waals surface area contributed by atoms with Gasteiger partial charge in [-0.15, -0.1) is 0 Å². The van der Waals surface area contributed by atoms with Crippen LogP contribution in [-0.2, 0) is 19.7 Å². The lowest BCUT2D eigenvalue weighted by molar-refractivity contribution is -0.121. The van der Waals surface area contributed by atoms with Gasteiger partial charge in [-0.2, -0.15) is 8.42 Å². The minimum Gasteiger partial charge on any atom is -0.282 e. The average molecular weight is 413 g/mol. The molecule has 2 aromatic rings. The lowest BCUT2D eigenvalue weighted by atomic mass is 10.0. The molecule has 146 valence electrons. The number of azide groups is 2. The molecule has 2 aromatic carbocycles. The van der Waals surface area contributed by atoms with Crippen LogP contribution in [0.3, 0.4) is 0 Å². The Kier molecular flexibility index (Phi) is 5.22. The van der Waals surface area contributed by atoms with Crippen molar-refractivity contribution in [3.8, 4) is 11.1 Å². The molecule has 0 saturated carbocycles. The normalized spacial score (nSPS) is 13.8. The summed E-state index contributed by atoms with van der Waals surface area (Å²) in [4.78, 5) is 29.6. The first-order valence-electron chi connectivity index (χ1n) is 7.99. The third kappa shape index (κ3) is 3.74. The van der Waals surface area contributed by atoms with E-state index in [2.05, 4.69) is 20.1 Å². The maximum Gasteiger partial charge on any atom is 0.297 e. The lowest BCUT2D eigenvalue weighted by Crippen LogP contribution is -2.30. The second kappa shape index (κ2) is 7.62. The fourth-order valence-electron chi connectivity index (χ4n) is 2.98. The summed E-state index contributed by atoms with van der Waals surface area (Å²) >= 11 is 0. The van der Waals surface area contributed by atoms with E-state index in [9.17, 15) is 22.6 Å². The number of imide groups is 1. The van der Waals surface area contributed by atoms with Gasteiger partial charge in [0.15, 0.2) is 0 Å². The van der Waals surface area contributed by atoms with Gasteiger partial charge in [-0.1, -0.05) is 40.6 Å². The van der Waals surface area contributed by atoms with Gasteiger partial charge in [0.05, 0.1) is 11.4 Å². The van der Waals surface area contributed by atoms with Crippen molar-refractivity contribution < 1.29 is 22.6 Å². The van der Waals surface area contributed by atoms with Crippen molar-refractivity contribution in [2.75, 3.05) is 4.90 Å². The van der Waals surface area contributed by atoms with E-state index in [0.29, 0.717) is 4.90 Å². The van der Waals surface area contributed by atoms with Gasteiger partial charge in [0.25, 0.3) is 10.1 Å². The first-order valence-corrected chi connectivity index (χ1v) is 9.43. The Labute approximate surface area is 163 Å². The first-order chi connectivity index (χ1) is 13.8. The number of carbonyl (C=O) groups excluding carboxylic acids is 2. The summed E-state index contributed by atoms with van der Waals surface area (Å²) in [6.45, 7) is 0. The van der Waals surface area contributed by atoms with E-state index in [-0.39, 0.29) is 35.3 Å². The summed E-state index contributed by atoms with van der Waals surface area (Å²) in [5.41, 5.74) is 17.0. The lowest BCUT2D eigenvalue weighted by Gasteiger charge is -2.21. The van der Waals surface area contributed by atoms with Crippen LogP contribution >= 0.6 is 0 Å². The van der Waals surface area contributed by atoms with Crippen molar-refractivity contribution in [1.82, 2.24) is 0 Å².